The van der Waals surface area contributed by atoms with E-state index in [0.29, 0.717) is 13.0 Å². The molecule has 1 heterocycles. The predicted octanol–water partition coefficient (Wildman–Crippen LogP) is 4.15. The number of carbonyl (C=O) groups is 2. The van der Waals surface area contributed by atoms with Gasteiger partial charge in [0, 0.05) is 29.1 Å². The Morgan fingerprint density at radius 3 is 2.76 bits per heavy atom. The minimum atomic E-state index is -0.196. The van der Waals surface area contributed by atoms with E-state index in [0.717, 1.165) is 37.1 Å². The summed E-state index contributed by atoms with van der Waals surface area (Å²) in [6, 6.07) is 8.43. The fraction of sp³-hybridized carbons (Fsp3) is 0.583. The van der Waals surface area contributed by atoms with E-state index in [1.54, 1.807) is 0 Å². The third-order valence-electron chi connectivity index (χ3n) is 6.59. The maximum absolute atomic E-state index is 12.5. The largest absolute Gasteiger partial charge is 0.465 e. The first-order chi connectivity index (χ1) is 14.2. The zero-order valence-corrected chi connectivity index (χ0v) is 17.4. The van der Waals surface area contributed by atoms with Gasteiger partial charge in [-0.1, -0.05) is 43.9 Å². The molecule has 0 radical (unpaired) electrons. The molecule has 1 N–H and O–H groups in total. The molecule has 2 aliphatic carbocycles. The van der Waals surface area contributed by atoms with Gasteiger partial charge in [-0.15, -0.1) is 0 Å². The Morgan fingerprint density at radius 2 is 1.97 bits per heavy atom. The number of benzene rings is 1. The number of hydrogen-bond acceptors (Lipinski definition) is 3. The van der Waals surface area contributed by atoms with Crippen LogP contribution in [0.15, 0.2) is 24.3 Å². The molecular formula is C24H32N2O3. The zero-order valence-electron chi connectivity index (χ0n) is 17.4. The fourth-order valence-corrected chi connectivity index (χ4v) is 5.17. The number of aromatic nitrogens is 1. The van der Waals surface area contributed by atoms with Gasteiger partial charge in [0.05, 0.1) is 6.61 Å². The third-order valence-corrected chi connectivity index (χ3v) is 6.59. The van der Waals surface area contributed by atoms with Gasteiger partial charge in [0.2, 0.25) is 5.91 Å². The Bertz CT molecular complexity index is 880. The third kappa shape index (κ3) is 4.49. The van der Waals surface area contributed by atoms with Crippen molar-refractivity contribution >= 4 is 22.8 Å². The van der Waals surface area contributed by atoms with E-state index in [9.17, 15) is 9.59 Å². The molecule has 1 aromatic carbocycles. The van der Waals surface area contributed by atoms with E-state index in [4.69, 9.17) is 4.74 Å². The number of carbonyl (C=O) groups excluding carboxylic acids is 2. The van der Waals surface area contributed by atoms with Crippen LogP contribution in [0.4, 0.5) is 0 Å². The monoisotopic (exact) mass is 396 g/mol. The molecule has 1 amide bonds. The summed E-state index contributed by atoms with van der Waals surface area (Å²) < 4.78 is 7.29. The number of amides is 1. The van der Waals surface area contributed by atoms with E-state index in [-0.39, 0.29) is 24.5 Å². The van der Waals surface area contributed by atoms with Crippen molar-refractivity contribution in [2.24, 2.45) is 5.92 Å². The predicted molar refractivity (Wildman–Crippen MR) is 114 cm³/mol. The van der Waals surface area contributed by atoms with Gasteiger partial charge in [-0.2, -0.15) is 0 Å². The molecule has 5 heteroatoms. The van der Waals surface area contributed by atoms with Crippen molar-refractivity contribution in [3.05, 3.63) is 35.5 Å². The Balaban J connectivity index is 1.45. The minimum absolute atomic E-state index is 0.181. The average Bonchev–Trinajstić information content (AvgIpc) is 3.34. The van der Waals surface area contributed by atoms with Crippen molar-refractivity contribution in [3.8, 4) is 0 Å². The second-order valence-electron chi connectivity index (χ2n) is 8.53. The highest BCUT2D eigenvalue weighted by molar-refractivity contribution is 5.87. The second-order valence-corrected chi connectivity index (χ2v) is 8.53. The van der Waals surface area contributed by atoms with Crippen LogP contribution in [0.1, 0.15) is 63.1 Å². The van der Waals surface area contributed by atoms with Gasteiger partial charge in [-0.05, 0) is 50.2 Å². The Hall–Kier alpha value is -2.30. The van der Waals surface area contributed by atoms with Crippen molar-refractivity contribution in [3.63, 3.8) is 0 Å². The summed E-state index contributed by atoms with van der Waals surface area (Å²) in [5.74, 6) is 0.749. The molecule has 4 rings (SSSR count). The van der Waals surface area contributed by atoms with Crippen LogP contribution in [-0.2, 0) is 33.7 Å². The van der Waals surface area contributed by atoms with Gasteiger partial charge < -0.3 is 14.6 Å². The molecule has 0 bridgehead atoms. The van der Waals surface area contributed by atoms with Gasteiger partial charge in [0.1, 0.15) is 6.54 Å². The topological polar surface area (TPSA) is 60.3 Å². The van der Waals surface area contributed by atoms with Crippen LogP contribution in [0.25, 0.3) is 10.9 Å². The number of nitrogens with zero attached hydrogens (tertiary/aromatic N) is 1. The SMILES string of the molecule is CCOC(=O)Cn1c2c(c3ccccc31)C[C@@H](NC(=O)CCC1CCCC1)CC2. The van der Waals surface area contributed by atoms with E-state index < -0.39 is 0 Å². The van der Waals surface area contributed by atoms with Gasteiger partial charge in [0.25, 0.3) is 0 Å². The van der Waals surface area contributed by atoms with Gasteiger partial charge in [0.15, 0.2) is 0 Å². The molecule has 1 saturated carbocycles. The van der Waals surface area contributed by atoms with Gasteiger partial charge in [-0.3, -0.25) is 9.59 Å². The lowest BCUT2D eigenvalue weighted by Gasteiger charge is -2.25. The number of esters is 1. The molecule has 0 unspecified atom stereocenters. The summed E-state index contributed by atoms with van der Waals surface area (Å²) in [7, 11) is 0. The maximum Gasteiger partial charge on any atom is 0.325 e. The minimum Gasteiger partial charge on any atom is -0.465 e. The van der Waals surface area contributed by atoms with E-state index in [2.05, 4.69) is 22.0 Å². The van der Waals surface area contributed by atoms with Crippen molar-refractivity contribution in [1.82, 2.24) is 9.88 Å². The number of fused-ring (bicyclic) bond motifs is 3. The molecule has 0 spiro atoms. The molecule has 0 aliphatic heterocycles. The van der Waals surface area contributed by atoms with Crippen LogP contribution < -0.4 is 5.32 Å². The van der Waals surface area contributed by atoms with E-state index >= 15 is 0 Å². The fourth-order valence-electron chi connectivity index (χ4n) is 5.17. The highest BCUT2D eigenvalue weighted by Gasteiger charge is 2.27. The highest BCUT2D eigenvalue weighted by Crippen LogP contribution is 2.33. The number of ether oxygens (including phenoxy) is 1. The summed E-state index contributed by atoms with van der Waals surface area (Å²) >= 11 is 0. The number of rotatable bonds is 7. The van der Waals surface area contributed by atoms with Crippen molar-refractivity contribution in [1.29, 1.82) is 0 Å². The summed E-state index contributed by atoms with van der Waals surface area (Å²) in [5, 5.41) is 4.47. The molecule has 1 aromatic heterocycles. The van der Waals surface area contributed by atoms with Gasteiger partial charge >= 0.3 is 5.97 Å². The van der Waals surface area contributed by atoms with Gasteiger partial charge in [-0.25, -0.2) is 0 Å². The van der Waals surface area contributed by atoms with Crippen LogP contribution in [0.3, 0.4) is 0 Å². The molecule has 1 atom stereocenters. The Kier molecular flexibility index (Phi) is 6.22. The molecule has 2 aliphatic rings. The van der Waals surface area contributed by atoms with Crippen molar-refractivity contribution in [2.45, 2.75) is 77.3 Å². The summed E-state index contributed by atoms with van der Waals surface area (Å²) in [6.45, 7) is 2.48. The summed E-state index contributed by atoms with van der Waals surface area (Å²) in [6.07, 6.45) is 9.54. The summed E-state index contributed by atoms with van der Waals surface area (Å²) in [4.78, 5) is 24.6. The lowest BCUT2D eigenvalue weighted by atomic mass is 9.91. The first-order valence-electron chi connectivity index (χ1n) is 11.2. The van der Waals surface area contributed by atoms with E-state index in [1.807, 2.05) is 19.1 Å². The molecule has 5 nitrogen and oxygen atoms in total. The lowest BCUT2D eigenvalue weighted by molar-refractivity contribution is -0.143. The Morgan fingerprint density at radius 1 is 1.17 bits per heavy atom. The zero-order chi connectivity index (χ0) is 20.2. The number of para-hydroxylation sites is 1. The molecule has 156 valence electrons. The highest BCUT2D eigenvalue weighted by atomic mass is 16.5. The quantitative estimate of drug-likeness (QED) is 0.715. The second kappa shape index (κ2) is 9.02. The smallest absolute Gasteiger partial charge is 0.325 e. The molecule has 2 aromatic rings. The van der Waals surface area contributed by atoms with E-state index in [1.165, 1.54) is 42.3 Å². The molecular weight excluding hydrogens is 364 g/mol. The van der Waals surface area contributed by atoms with Crippen molar-refractivity contribution < 1.29 is 14.3 Å². The summed E-state index contributed by atoms with van der Waals surface area (Å²) in [5.41, 5.74) is 3.58. The van der Waals surface area contributed by atoms with Crippen LogP contribution in [-0.4, -0.2) is 29.1 Å². The molecule has 29 heavy (non-hydrogen) atoms. The van der Waals surface area contributed by atoms with Crippen LogP contribution in [0, 0.1) is 5.92 Å². The first kappa shape index (κ1) is 20.0. The molecule has 0 saturated heterocycles. The van der Waals surface area contributed by atoms with Crippen LogP contribution in [0.2, 0.25) is 0 Å². The maximum atomic E-state index is 12.5. The average molecular weight is 397 g/mol. The Labute approximate surface area is 172 Å². The van der Waals surface area contributed by atoms with Crippen molar-refractivity contribution in [2.75, 3.05) is 6.61 Å². The first-order valence-corrected chi connectivity index (χ1v) is 11.2. The number of nitrogens with one attached hydrogen (secondary N) is 1. The normalized spacial score (nSPS) is 19.3. The lowest BCUT2D eigenvalue weighted by Crippen LogP contribution is -2.39. The number of hydrogen-bond donors (Lipinski definition) is 1. The van der Waals surface area contributed by atoms with Crippen LogP contribution in [0.5, 0.6) is 0 Å². The standard InChI is InChI=1S/C24H32N2O3/c1-2-29-24(28)16-26-21-10-6-5-9-19(21)20-15-18(12-13-22(20)26)25-23(27)14-11-17-7-3-4-8-17/h5-6,9-10,17-18H,2-4,7-8,11-16H2,1H3,(H,25,27)/t18-/m0/s1. The molecule has 1 fully saturated rings. The van der Waals surface area contributed by atoms with Crippen LogP contribution >= 0.6 is 0 Å².